The molecule has 1 N–H and O–H groups in total. The van der Waals surface area contributed by atoms with Gasteiger partial charge in [0.25, 0.3) is 0 Å². The maximum Gasteiger partial charge on any atom is 0.333 e. The lowest BCUT2D eigenvalue weighted by atomic mass is 9.68. The second-order valence-corrected chi connectivity index (χ2v) is 11.3. The van der Waals surface area contributed by atoms with Gasteiger partial charge in [0.15, 0.2) is 0 Å². The molecule has 0 unspecified atom stereocenters. The summed E-state index contributed by atoms with van der Waals surface area (Å²) in [5.41, 5.74) is 2.88. The van der Waals surface area contributed by atoms with E-state index >= 15 is 0 Å². The largest absolute Gasteiger partial charge is 0.490 e. The Morgan fingerprint density at radius 2 is 1.67 bits per heavy atom. The van der Waals surface area contributed by atoms with E-state index in [1.807, 2.05) is 0 Å². The zero-order valence-corrected chi connectivity index (χ0v) is 22.9. The van der Waals surface area contributed by atoms with Gasteiger partial charge in [-0.3, -0.25) is 0 Å². The van der Waals surface area contributed by atoms with Gasteiger partial charge in [0.05, 0.1) is 0 Å². The molecule has 0 aromatic heterocycles. The third-order valence-corrected chi connectivity index (χ3v) is 8.64. The summed E-state index contributed by atoms with van der Waals surface area (Å²) in [6, 6.07) is 6.65. The van der Waals surface area contributed by atoms with E-state index in [9.17, 15) is 9.90 Å². The van der Waals surface area contributed by atoms with Crippen molar-refractivity contribution in [2.24, 2.45) is 17.8 Å². The number of rotatable bonds is 14. The number of carbonyl (C=O) groups is 1. The summed E-state index contributed by atoms with van der Waals surface area (Å²) in [5, 5.41) is 9.29. The molecule has 36 heavy (non-hydrogen) atoms. The van der Waals surface area contributed by atoms with E-state index in [0.717, 1.165) is 35.5 Å². The van der Waals surface area contributed by atoms with Crippen molar-refractivity contribution in [2.45, 2.75) is 110 Å². The van der Waals surface area contributed by atoms with Crippen LogP contribution in [0.1, 0.15) is 114 Å². The standard InChI is InChI=1S/C32H50O4/c1-4-5-6-8-25-10-12-26(13-11-25)27-14-16-28(17-15-27)30-19-18-29(9-7-20-33)31(23-30)35-21-22-36-32(34)24(2)3/h18-19,23,25-28,33H,2,4-17,20-22H2,1,3H3. The summed E-state index contributed by atoms with van der Waals surface area (Å²) < 4.78 is 11.3. The van der Waals surface area contributed by atoms with Crippen LogP contribution < -0.4 is 4.74 Å². The Hall–Kier alpha value is -1.81. The van der Waals surface area contributed by atoms with E-state index in [1.54, 1.807) is 6.92 Å². The predicted octanol–water partition coefficient (Wildman–Crippen LogP) is 7.77. The van der Waals surface area contributed by atoms with Crippen LogP contribution in [0.4, 0.5) is 0 Å². The first-order valence-electron chi connectivity index (χ1n) is 14.7. The molecule has 2 aliphatic carbocycles. The minimum Gasteiger partial charge on any atom is -0.490 e. The van der Waals surface area contributed by atoms with Crippen molar-refractivity contribution >= 4 is 5.97 Å². The summed E-state index contributed by atoms with van der Waals surface area (Å²) in [7, 11) is 0. The minimum absolute atomic E-state index is 0.169. The Labute approximate surface area is 219 Å². The van der Waals surface area contributed by atoms with Gasteiger partial charge in [-0.25, -0.2) is 4.79 Å². The number of esters is 1. The van der Waals surface area contributed by atoms with Crippen LogP contribution in [0.25, 0.3) is 0 Å². The maximum absolute atomic E-state index is 11.6. The van der Waals surface area contributed by atoms with Gasteiger partial charge < -0.3 is 14.6 Å². The lowest BCUT2D eigenvalue weighted by molar-refractivity contribution is -0.139. The van der Waals surface area contributed by atoms with Crippen LogP contribution in [0.3, 0.4) is 0 Å². The number of aliphatic hydroxyl groups is 1. The van der Waals surface area contributed by atoms with Gasteiger partial charge in [-0.1, -0.05) is 64.2 Å². The van der Waals surface area contributed by atoms with Gasteiger partial charge >= 0.3 is 5.97 Å². The molecular formula is C32H50O4. The monoisotopic (exact) mass is 498 g/mol. The van der Waals surface area contributed by atoms with Crippen molar-refractivity contribution < 1.29 is 19.4 Å². The fraction of sp³-hybridized carbons (Fsp3) is 0.719. The maximum atomic E-state index is 11.6. The van der Waals surface area contributed by atoms with Gasteiger partial charge in [-0.15, -0.1) is 0 Å². The van der Waals surface area contributed by atoms with E-state index < -0.39 is 0 Å². The van der Waals surface area contributed by atoms with Gasteiger partial charge in [-0.2, -0.15) is 0 Å². The molecule has 1 aromatic carbocycles. The minimum atomic E-state index is -0.380. The highest BCUT2D eigenvalue weighted by atomic mass is 16.6. The fourth-order valence-electron chi connectivity index (χ4n) is 6.40. The average molecular weight is 499 g/mol. The van der Waals surface area contributed by atoms with Gasteiger partial charge in [0.2, 0.25) is 0 Å². The molecule has 0 amide bonds. The molecule has 0 saturated heterocycles. The number of benzene rings is 1. The molecule has 2 fully saturated rings. The summed E-state index contributed by atoms with van der Waals surface area (Å²) in [6.07, 6.45) is 18.2. The SMILES string of the molecule is C=C(C)C(=O)OCCOc1cc(C2CCC(C3CCC(CCCCC)CC3)CC2)ccc1CCCO. The van der Waals surface area contributed by atoms with E-state index in [1.165, 1.54) is 82.6 Å². The molecule has 0 radical (unpaired) electrons. The second kappa shape index (κ2) is 15.4. The van der Waals surface area contributed by atoms with Gasteiger partial charge in [-0.05, 0) is 99.2 Å². The molecule has 2 saturated carbocycles. The van der Waals surface area contributed by atoms with E-state index in [0.29, 0.717) is 24.5 Å². The average Bonchev–Trinajstić information content (AvgIpc) is 2.90. The van der Waals surface area contributed by atoms with Crippen molar-refractivity contribution in [1.29, 1.82) is 0 Å². The van der Waals surface area contributed by atoms with Crippen LogP contribution in [0.15, 0.2) is 30.4 Å². The number of carbonyl (C=O) groups excluding carboxylic acids is 1. The summed E-state index contributed by atoms with van der Waals surface area (Å²) in [4.78, 5) is 11.6. The van der Waals surface area contributed by atoms with Crippen LogP contribution >= 0.6 is 0 Å². The molecule has 0 spiro atoms. The molecule has 0 heterocycles. The molecule has 4 heteroatoms. The number of unbranched alkanes of at least 4 members (excludes halogenated alkanes) is 2. The molecule has 4 nitrogen and oxygen atoms in total. The lowest BCUT2D eigenvalue weighted by Crippen LogP contribution is -2.25. The number of hydrogen-bond acceptors (Lipinski definition) is 4. The zero-order valence-electron chi connectivity index (χ0n) is 22.9. The van der Waals surface area contributed by atoms with Crippen LogP contribution in [0, 0.1) is 17.8 Å². The topological polar surface area (TPSA) is 55.8 Å². The van der Waals surface area contributed by atoms with Crippen molar-refractivity contribution in [3.05, 3.63) is 41.5 Å². The first-order chi connectivity index (χ1) is 17.5. The molecule has 202 valence electrons. The van der Waals surface area contributed by atoms with Crippen LogP contribution in [0.2, 0.25) is 0 Å². The molecule has 0 bridgehead atoms. The molecule has 1 aromatic rings. The highest BCUT2D eigenvalue weighted by Gasteiger charge is 2.31. The second-order valence-electron chi connectivity index (χ2n) is 11.3. The van der Waals surface area contributed by atoms with Crippen LogP contribution in [-0.2, 0) is 16.0 Å². The molecule has 3 rings (SSSR count). The fourth-order valence-corrected chi connectivity index (χ4v) is 6.40. The third-order valence-electron chi connectivity index (χ3n) is 8.64. The molecule has 2 aliphatic rings. The summed E-state index contributed by atoms with van der Waals surface area (Å²) >= 11 is 0. The Kier molecular flexibility index (Phi) is 12.3. The third kappa shape index (κ3) is 8.94. The number of ether oxygens (including phenoxy) is 2. The normalized spacial score (nSPS) is 24.3. The lowest BCUT2D eigenvalue weighted by Gasteiger charge is -2.38. The zero-order chi connectivity index (χ0) is 25.8. The van der Waals surface area contributed by atoms with Gasteiger partial charge in [0.1, 0.15) is 19.0 Å². The summed E-state index contributed by atoms with van der Waals surface area (Å²) in [5.74, 6) is 3.96. The highest BCUT2D eigenvalue weighted by Crippen LogP contribution is 2.45. The predicted molar refractivity (Wildman–Crippen MR) is 147 cm³/mol. The van der Waals surface area contributed by atoms with E-state index in [2.05, 4.69) is 31.7 Å². The van der Waals surface area contributed by atoms with Crippen molar-refractivity contribution in [1.82, 2.24) is 0 Å². The van der Waals surface area contributed by atoms with Crippen molar-refractivity contribution in [3.63, 3.8) is 0 Å². The van der Waals surface area contributed by atoms with Crippen LogP contribution in [-0.4, -0.2) is 30.9 Å². The van der Waals surface area contributed by atoms with E-state index in [4.69, 9.17) is 9.47 Å². The van der Waals surface area contributed by atoms with Crippen molar-refractivity contribution in [3.8, 4) is 5.75 Å². The Morgan fingerprint density at radius 3 is 2.31 bits per heavy atom. The van der Waals surface area contributed by atoms with Crippen molar-refractivity contribution in [2.75, 3.05) is 19.8 Å². The molecular weight excluding hydrogens is 448 g/mol. The smallest absolute Gasteiger partial charge is 0.333 e. The Bertz CT molecular complexity index is 800. The Balaban J connectivity index is 1.50. The Morgan fingerprint density at radius 1 is 0.972 bits per heavy atom. The first-order valence-corrected chi connectivity index (χ1v) is 14.7. The summed E-state index contributed by atoms with van der Waals surface area (Å²) in [6.45, 7) is 8.27. The number of aryl methyl sites for hydroxylation is 1. The quantitative estimate of drug-likeness (QED) is 0.162. The number of aliphatic hydroxyl groups excluding tert-OH is 1. The van der Waals surface area contributed by atoms with Crippen LogP contribution in [0.5, 0.6) is 5.75 Å². The molecule has 0 aliphatic heterocycles. The van der Waals surface area contributed by atoms with E-state index in [-0.39, 0.29) is 19.2 Å². The van der Waals surface area contributed by atoms with Gasteiger partial charge in [0, 0.05) is 12.2 Å². The highest BCUT2D eigenvalue weighted by molar-refractivity contribution is 5.86. The first kappa shape index (κ1) is 28.8. The number of hydrogen-bond donors (Lipinski definition) is 1. The molecule has 0 atom stereocenters.